The zero-order chi connectivity index (χ0) is 14.0. The first kappa shape index (κ1) is 13.9. The van der Waals surface area contributed by atoms with Gasteiger partial charge in [-0.1, -0.05) is 57.3 Å². The summed E-state index contributed by atoms with van der Waals surface area (Å²) in [4.78, 5) is 7.86. The fourth-order valence-electron chi connectivity index (χ4n) is 2.19. The van der Waals surface area contributed by atoms with Crippen LogP contribution >= 0.6 is 12.2 Å². The van der Waals surface area contributed by atoms with E-state index in [9.17, 15) is 0 Å². The number of hydrogen-bond acceptors (Lipinski definition) is 2. The molecule has 0 spiro atoms. The predicted molar refractivity (Wildman–Crippen MR) is 83.1 cm³/mol. The van der Waals surface area contributed by atoms with Crippen molar-refractivity contribution >= 4 is 12.2 Å². The third kappa shape index (κ3) is 2.92. The lowest BCUT2D eigenvalue weighted by atomic mass is 10.0. The van der Waals surface area contributed by atoms with E-state index in [0.717, 1.165) is 29.1 Å². The van der Waals surface area contributed by atoms with Crippen LogP contribution in [0.4, 0.5) is 0 Å². The molecule has 100 valence electrons. The van der Waals surface area contributed by atoms with E-state index >= 15 is 0 Å². The molecule has 1 aromatic carbocycles. The van der Waals surface area contributed by atoms with Gasteiger partial charge in [-0.05, 0) is 24.8 Å². The summed E-state index contributed by atoms with van der Waals surface area (Å²) in [6, 6.07) is 8.52. The quantitative estimate of drug-likeness (QED) is 0.813. The molecule has 0 bridgehead atoms. The Balaban J connectivity index is 2.45. The summed E-state index contributed by atoms with van der Waals surface area (Å²) in [5.74, 6) is 1.40. The summed E-state index contributed by atoms with van der Waals surface area (Å²) in [6.07, 6.45) is 0.917. The summed E-state index contributed by atoms with van der Waals surface area (Å²) in [7, 11) is 0. The monoisotopic (exact) mass is 272 g/mol. The molecule has 19 heavy (non-hydrogen) atoms. The Kier molecular flexibility index (Phi) is 4.15. The molecule has 0 radical (unpaired) electrons. The van der Waals surface area contributed by atoms with Crippen molar-refractivity contribution in [2.45, 2.75) is 40.0 Å². The van der Waals surface area contributed by atoms with E-state index in [1.807, 2.05) is 0 Å². The number of H-pyrrole nitrogens is 1. The van der Waals surface area contributed by atoms with Gasteiger partial charge in [-0.3, -0.25) is 0 Å². The fraction of sp³-hybridized carbons (Fsp3) is 0.375. The van der Waals surface area contributed by atoms with Crippen molar-refractivity contribution < 1.29 is 0 Å². The Morgan fingerprint density at radius 3 is 2.32 bits per heavy atom. The van der Waals surface area contributed by atoms with Crippen molar-refractivity contribution in [3.8, 4) is 11.4 Å². The molecule has 2 nitrogen and oxygen atoms in total. The lowest BCUT2D eigenvalue weighted by Gasteiger charge is -2.09. The van der Waals surface area contributed by atoms with Gasteiger partial charge < -0.3 is 4.98 Å². The van der Waals surface area contributed by atoms with E-state index in [1.165, 1.54) is 5.56 Å². The van der Waals surface area contributed by atoms with Gasteiger partial charge in [-0.15, -0.1) is 0 Å². The van der Waals surface area contributed by atoms with Gasteiger partial charge >= 0.3 is 0 Å². The van der Waals surface area contributed by atoms with Gasteiger partial charge in [0.05, 0.1) is 0 Å². The van der Waals surface area contributed by atoms with Gasteiger partial charge in [0.25, 0.3) is 0 Å². The van der Waals surface area contributed by atoms with Gasteiger partial charge in [-0.25, -0.2) is 4.98 Å². The van der Waals surface area contributed by atoms with Gasteiger partial charge in [-0.2, -0.15) is 0 Å². The molecule has 1 heterocycles. The second-order valence-corrected chi connectivity index (χ2v) is 5.51. The number of benzene rings is 1. The van der Waals surface area contributed by atoms with Crippen molar-refractivity contribution in [3.63, 3.8) is 0 Å². The van der Waals surface area contributed by atoms with E-state index in [2.05, 4.69) is 61.9 Å². The average molecular weight is 272 g/mol. The zero-order valence-corrected chi connectivity index (χ0v) is 12.8. The molecule has 0 saturated carbocycles. The molecule has 0 saturated heterocycles. The molecule has 2 aromatic rings. The van der Waals surface area contributed by atoms with Gasteiger partial charge in [0.1, 0.15) is 10.5 Å². The molecule has 2 rings (SSSR count). The summed E-state index contributed by atoms with van der Waals surface area (Å²) in [5.41, 5.74) is 4.67. The largest absolute Gasteiger partial charge is 0.343 e. The highest BCUT2D eigenvalue weighted by atomic mass is 32.1. The Hall–Kier alpha value is -1.48. The lowest BCUT2D eigenvalue weighted by Crippen LogP contribution is -1.99. The third-order valence-electron chi connectivity index (χ3n) is 3.43. The first-order valence-corrected chi connectivity index (χ1v) is 7.13. The summed E-state index contributed by atoms with van der Waals surface area (Å²) >= 11 is 5.36. The SMILES string of the molecule is CCc1c(C)[nH]c(-c2ccc(C(C)C)cc2)nc1=S. The third-order valence-corrected chi connectivity index (χ3v) is 3.77. The first-order chi connectivity index (χ1) is 9.02. The molecule has 0 amide bonds. The molecule has 1 aromatic heterocycles. The van der Waals surface area contributed by atoms with Crippen molar-refractivity contribution in [1.82, 2.24) is 9.97 Å². The van der Waals surface area contributed by atoms with Crippen LogP contribution in [0.2, 0.25) is 0 Å². The maximum absolute atomic E-state index is 5.36. The molecule has 0 aliphatic heterocycles. The highest BCUT2D eigenvalue weighted by Crippen LogP contribution is 2.21. The normalized spacial score (nSPS) is 11.0. The molecule has 3 heteroatoms. The minimum Gasteiger partial charge on any atom is -0.343 e. The Morgan fingerprint density at radius 2 is 1.84 bits per heavy atom. The standard InChI is InChI=1S/C16H20N2S/c1-5-14-11(4)17-15(18-16(14)19)13-8-6-12(7-9-13)10(2)3/h6-10H,5H2,1-4H3,(H,17,18,19). The molecule has 0 fully saturated rings. The summed E-state index contributed by atoms with van der Waals surface area (Å²) in [6.45, 7) is 8.55. The van der Waals surface area contributed by atoms with Crippen LogP contribution < -0.4 is 0 Å². The maximum Gasteiger partial charge on any atom is 0.139 e. The highest BCUT2D eigenvalue weighted by Gasteiger charge is 2.06. The van der Waals surface area contributed by atoms with E-state index in [-0.39, 0.29) is 0 Å². The molecule has 0 aliphatic rings. The first-order valence-electron chi connectivity index (χ1n) is 6.73. The van der Waals surface area contributed by atoms with E-state index < -0.39 is 0 Å². The van der Waals surface area contributed by atoms with Gasteiger partial charge in [0.15, 0.2) is 0 Å². The Bertz CT molecular complexity index is 624. The smallest absolute Gasteiger partial charge is 0.139 e. The number of aromatic amines is 1. The lowest BCUT2D eigenvalue weighted by molar-refractivity contribution is 0.866. The number of aromatic nitrogens is 2. The number of hydrogen-bond donors (Lipinski definition) is 1. The van der Waals surface area contributed by atoms with E-state index in [1.54, 1.807) is 0 Å². The van der Waals surface area contributed by atoms with Crippen molar-refractivity contribution in [2.24, 2.45) is 0 Å². The summed E-state index contributed by atoms with van der Waals surface area (Å²) in [5, 5.41) is 0. The van der Waals surface area contributed by atoms with E-state index in [0.29, 0.717) is 10.6 Å². The topological polar surface area (TPSA) is 28.7 Å². The van der Waals surface area contributed by atoms with E-state index in [4.69, 9.17) is 12.2 Å². The van der Waals surface area contributed by atoms with Crippen molar-refractivity contribution in [1.29, 1.82) is 0 Å². The van der Waals surface area contributed by atoms with Crippen LogP contribution in [-0.4, -0.2) is 9.97 Å². The van der Waals surface area contributed by atoms with Crippen LogP contribution in [0, 0.1) is 11.6 Å². The number of nitrogens with one attached hydrogen (secondary N) is 1. The van der Waals surface area contributed by atoms with Gasteiger partial charge in [0.2, 0.25) is 0 Å². The van der Waals surface area contributed by atoms with Crippen LogP contribution in [0.1, 0.15) is 43.5 Å². The summed E-state index contributed by atoms with van der Waals surface area (Å²) < 4.78 is 0.710. The molecular weight excluding hydrogens is 252 g/mol. The van der Waals surface area contributed by atoms with Gasteiger partial charge in [0, 0.05) is 16.8 Å². The molecule has 1 N–H and O–H groups in total. The van der Waals surface area contributed by atoms with Crippen molar-refractivity contribution in [3.05, 3.63) is 45.7 Å². The van der Waals surface area contributed by atoms with Crippen LogP contribution in [0.15, 0.2) is 24.3 Å². The fourth-order valence-corrected chi connectivity index (χ4v) is 2.58. The van der Waals surface area contributed by atoms with Crippen molar-refractivity contribution in [2.75, 3.05) is 0 Å². The second-order valence-electron chi connectivity index (χ2n) is 5.12. The molecule has 0 atom stereocenters. The number of nitrogens with zero attached hydrogens (tertiary/aromatic N) is 1. The molecule has 0 aliphatic carbocycles. The number of aryl methyl sites for hydroxylation is 1. The minimum atomic E-state index is 0.546. The zero-order valence-electron chi connectivity index (χ0n) is 11.9. The van der Waals surface area contributed by atoms with Crippen LogP contribution in [0.3, 0.4) is 0 Å². The molecular formula is C16H20N2S. The second kappa shape index (κ2) is 5.66. The average Bonchev–Trinajstić information content (AvgIpc) is 2.38. The van der Waals surface area contributed by atoms with Crippen LogP contribution in [0.25, 0.3) is 11.4 Å². The minimum absolute atomic E-state index is 0.546. The predicted octanol–water partition coefficient (Wildman–Crippen LogP) is 4.80. The Morgan fingerprint density at radius 1 is 1.21 bits per heavy atom. The molecule has 0 unspecified atom stereocenters. The highest BCUT2D eigenvalue weighted by molar-refractivity contribution is 7.71. The maximum atomic E-state index is 5.36. The Labute approximate surface area is 119 Å². The van der Waals surface area contributed by atoms with Crippen LogP contribution in [-0.2, 0) is 6.42 Å². The number of rotatable bonds is 3. The van der Waals surface area contributed by atoms with Crippen LogP contribution in [0.5, 0.6) is 0 Å².